The van der Waals surface area contributed by atoms with Crippen LogP contribution >= 0.6 is 22.6 Å². The second-order valence-electron chi connectivity index (χ2n) is 4.13. The Morgan fingerprint density at radius 3 is 2.89 bits per heavy atom. The van der Waals surface area contributed by atoms with Crippen LogP contribution in [0.1, 0.15) is 12.8 Å². The maximum Gasteiger partial charge on any atom is 0.326 e. The van der Waals surface area contributed by atoms with E-state index < -0.39 is 12.0 Å². The van der Waals surface area contributed by atoms with Crippen LogP contribution in [0.15, 0.2) is 24.3 Å². The minimum Gasteiger partial charge on any atom is -0.480 e. The highest BCUT2D eigenvalue weighted by Crippen LogP contribution is 2.19. The lowest BCUT2D eigenvalue weighted by molar-refractivity contribution is -0.141. The molecular weight excluding hydrogens is 347 g/mol. The summed E-state index contributed by atoms with van der Waals surface area (Å²) < 4.78 is 1.02. The van der Waals surface area contributed by atoms with E-state index in [4.69, 9.17) is 5.11 Å². The number of rotatable bonds is 2. The summed E-state index contributed by atoms with van der Waals surface area (Å²) in [6, 6.07) is 6.34. The number of aliphatic carboxylic acids is 1. The predicted octanol–water partition coefficient (Wildman–Crippen LogP) is 2.37. The molecule has 1 aliphatic rings. The zero-order chi connectivity index (χ0) is 13.1. The summed E-state index contributed by atoms with van der Waals surface area (Å²) in [6.45, 7) is 0.493. The molecular formula is C12H13IN2O3. The van der Waals surface area contributed by atoms with E-state index in [1.54, 1.807) is 6.07 Å². The van der Waals surface area contributed by atoms with E-state index in [0.29, 0.717) is 18.7 Å². The molecule has 0 bridgehead atoms. The first-order valence-corrected chi connectivity index (χ1v) is 6.72. The lowest BCUT2D eigenvalue weighted by Crippen LogP contribution is -2.42. The van der Waals surface area contributed by atoms with Gasteiger partial charge in [0, 0.05) is 15.8 Å². The zero-order valence-corrected chi connectivity index (χ0v) is 11.8. The second-order valence-corrected chi connectivity index (χ2v) is 5.38. The molecule has 2 rings (SSSR count). The Hall–Kier alpha value is -1.31. The van der Waals surface area contributed by atoms with Gasteiger partial charge in [-0.05, 0) is 53.6 Å². The van der Waals surface area contributed by atoms with Gasteiger partial charge < -0.3 is 15.3 Å². The van der Waals surface area contributed by atoms with E-state index in [9.17, 15) is 9.59 Å². The van der Waals surface area contributed by atoms with Crippen molar-refractivity contribution in [3.63, 3.8) is 0 Å². The molecule has 1 heterocycles. The van der Waals surface area contributed by atoms with Crippen LogP contribution in [0.2, 0.25) is 0 Å². The largest absolute Gasteiger partial charge is 0.480 e. The molecule has 6 heteroatoms. The number of carboxylic acids is 1. The van der Waals surface area contributed by atoms with Gasteiger partial charge in [0.25, 0.3) is 0 Å². The summed E-state index contributed by atoms with van der Waals surface area (Å²) in [5, 5.41) is 11.7. The van der Waals surface area contributed by atoms with Crippen molar-refractivity contribution in [3.05, 3.63) is 27.8 Å². The molecule has 0 aliphatic carbocycles. The molecule has 1 aromatic carbocycles. The molecule has 2 amide bonds. The van der Waals surface area contributed by atoms with E-state index in [2.05, 4.69) is 27.9 Å². The van der Waals surface area contributed by atoms with E-state index in [1.165, 1.54) is 4.90 Å². The van der Waals surface area contributed by atoms with Gasteiger partial charge in [0.1, 0.15) is 6.04 Å². The first-order valence-electron chi connectivity index (χ1n) is 5.64. The van der Waals surface area contributed by atoms with E-state index in [0.717, 1.165) is 9.99 Å². The van der Waals surface area contributed by atoms with Gasteiger partial charge >= 0.3 is 12.0 Å². The number of nitrogens with one attached hydrogen (secondary N) is 1. The maximum atomic E-state index is 12.0. The Morgan fingerprint density at radius 2 is 2.22 bits per heavy atom. The van der Waals surface area contributed by atoms with Crippen molar-refractivity contribution in [2.75, 3.05) is 11.9 Å². The summed E-state index contributed by atoms with van der Waals surface area (Å²) in [5.41, 5.74) is 0.683. The molecule has 0 saturated carbocycles. The number of likely N-dealkylation sites (tertiary alicyclic amines) is 1. The fraction of sp³-hybridized carbons (Fsp3) is 0.333. The summed E-state index contributed by atoms with van der Waals surface area (Å²) in [5.74, 6) is -0.940. The number of urea groups is 1. The molecule has 0 radical (unpaired) electrons. The fourth-order valence-corrected chi connectivity index (χ4v) is 2.57. The molecule has 2 N–H and O–H groups in total. The summed E-state index contributed by atoms with van der Waals surface area (Å²) in [7, 11) is 0. The van der Waals surface area contributed by atoms with Crippen LogP contribution in [-0.4, -0.2) is 34.6 Å². The number of carboxylic acid groups (broad SMARTS) is 1. The van der Waals surface area contributed by atoms with Gasteiger partial charge in [-0.3, -0.25) is 0 Å². The Labute approximate surface area is 118 Å². The average Bonchev–Trinajstić information content (AvgIpc) is 2.77. The van der Waals surface area contributed by atoms with E-state index in [-0.39, 0.29) is 6.03 Å². The summed E-state index contributed by atoms with van der Waals surface area (Å²) in [4.78, 5) is 24.4. The van der Waals surface area contributed by atoms with Gasteiger partial charge in [-0.15, -0.1) is 0 Å². The number of hydrogen-bond acceptors (Lipinski definition) is 2. The number of amides is 2. The summed E-state index contributed by atoms with van der Waals surface area (Å²) >= 11 is 2.16. The van der Waals surface area contributed by atoms with Gasteiger partial charge in [0.2, 0.25) is 0 Å². The van der Waals surface area contributed by atoms with Crippen LogP contribution in [0.4, 0.5) is 10.5 Å². The Morgan fingerprint density at radius 1 is 1.44 bits per heavy atom. The second kappa shape index (κ2) is 5.55. The molecule has 1 atom stereocenters. The number of carbonyl (C=O) groups is 2. The molecule has 0 unspecified atom stereocenters. The normalized spacial score (nSPS) is 18.7. The Kier molecular flexibility index (Phi) is 4.05. The van der Waals surface area contributed by atoms with Gasteiger partial charge in [0.05, 0.1) is 0 Å². The molecule has 1 fully saturated rings. The zero-order valence-electron chi connectivity index (χ0n) is 9.60. The van der Waals surface area contributed by atoms with Gasteiger partial charge in [-0.25, -0.2) is 9.59 Å². The van der Waals surface area contributed by atoms with Gasteiger partial charge in [-0.2, -0.15) is 0 Å². The first kappa shape index (κ1) is 13.1. The van der Waals surface area contributed by atoms with Crippen LogP contribution in [-0.2, 0) is 4.79 Å². The highest BCUT2D eigenvalue weighted by Gasteiger charge is 2.33. The molecule has 5 nitrogen and oxygen atoms in total. The average molecular weight is 360 g/mol. The third-order valence-corrected chi connectivity index (χ3v) is 3.55. The standard InChI is InChI=1S/C12H13IN2O3/c13-8-3-1-4-9(7-8)14-12(18)15-6-2-5-10(15)11(16)17/h1,3-4,7,10H,2,5-6H2,(H,14,18)(H,16,17)/t10-/m0/s1. The minimum absolute atomic E-state index is 0.345. The van der Waals surface area contributed by atoms with E-state index in [1.807, 2.05) is 18.2 Å². The highest BCUT2D eigenvalue weighted by molar-refractivity contribution is 14.1. The smallest absolute Gasteiger partial charge is 0.326 e. The predicted molar refractivity (Wildman–Crippen MR) is 75.5 cm³/mol. The number of nitrogens with zero attached hydrogens (tertiary/aromatic N) is 1. The SMILES string of the molecule is O=C(O)[C@@H]1CCCN1C(=O)Nc1cccc(I)c1. The van der Waals surface area contributed by atoms with Crippen molar-refractivity contribution < 1.29 is 14.7 Å². The van der Waals surface area contributed by atoms with Crippen molar-refractivity contribution in [2.24, 2.45) is 0 Å². The molecule has 1 aliphatic heterocycles. The van der Waals surface area contributed by atoms with Crippen molar-refractivity contribution >= 4 is 40.3 Å². The molecule has 18 heavy (non-hydrogen) atoms. The molecule has 1 aromatic rings. The Bertz CT molecular complexity index is 478. The number of benzene rings is 1. The quantitative estimate of drug-likeness (QED) is 0.796. The van der Waals surface area contributed by atoms with Gasteiger partial charge in [0.15, 0.2) is 0 Å². The molecule has 96 valence electrons. The number of anilines is 1. The highest BCUT2D eigenvalue weighted by atomic mass is 127. The molecule has 0 aromatic heterocycles. The lowest BCUT2D eigenvalue weighted by Gasteiger charge is -2.21. The third-order valence-electron chi connectivity index (χ3n) is 2.87. The van der Waals surface area contributed by atoms with Crippen LogP contribution in [0.3, 0.4) is 0 Å². The van der Waals surface area contributed by atoms with Crippen molar-refractivity contribution in [1.29, 1.82) is 0 Å². The lowest BCUT2D eigenvalue weighted by atomic mass is 10.2. The maximum absolute atomic E-state index is 12.0. The molecule has 0 spiro atoms. The number of carbonyl (C=O) groups excluding carboxylic acids is 1. The van der Waals surface area contributed by atoms with Crippen LogP contribution in [0, 0.1) is 3.57 Å². The fourth-order valence-electron chi connectivity index (χ4n) is 2.03. The van der Waals surface area contributed by atoms with Crippen LogP contribution in [0.5, 0.6) is 0 Å². The van der Waals surface area contributed by atoms with Crippen LogP contribution < -0.4 is 5.32 Å². The van der Waals surface area contributed by atoms with Gasteiger partial charge in [-0.1, -0.05) is 6.07 Å². The number of halogens is 1. The third kappa shape index (κ3) is 2.92. The van der Waals surface area contributed by atoms with Crippen molar-refractivity contribution in [3.8, 4) is 0 Å². The first-order chi connectivity index (χ1) is 8.58. The van der Waals surface area contributed by atoms with Crippen LogP contribution in [0.25, 0.3) is 0 Å². The summed E-state index contributed by atoms with van der Waals surface area (Å²) in [6.07, 6.45) is 1.26. The Balaban J connectivity index is 2.06. The topological polar surface area (TPSA) is 69.6 Å². The minimum atomic E-state index is -0.940. The monoisotopic (exact) mass is 360 g/mol. The molecule has 1 saturated heterocycles. The number of hydrogen-bond donors (Lipinski definition) is 2. The van der Waals surface area contributed by atoms with E-state index >= 15 is 0 Å². The van der Waals surface area contributed by atoms with Crippen molar-refractivity contribution in [2.45, 2.75) is 18.9 Å². The van der Waals surface area contributed by atoms with Crippen molar-refractivity contribution in [1.82, 2.24) is 4.90 Å².